The van der Waals surface area contributed by atoms with Crippen LogP contribution in [0.3, 0.4) is 0 Å². The molecule has 0 spiro atoms. The molecule has 0 aliphatic carbocycles. The van der Waals surface area contributed by atoms with Gasteiger partial charge in [0.25, 0.3) is 5.91 Å². The highest BCUT2D eigenvalue weighted by Gasteiger charge is 2.23. The van der Waals surface area contributed by atoms with Gasteiger partial charge in [-0.1, -0.05) is 82.1 Å². The highest BCUT2D eigenvalue weighted by molar-refractivity contribution is 9.10. The largest absolute Gasteiger partial charge is 0.322 e. The van der Waals surface area contributed by atoms with Gasteiger partial charge in [-0.3, -0.25) is 9.59 Å². The smallest absolute Gasteiger partial charge is 0.255 e. The molecule has 0 aliphatic rings. The van der Waals surface area contributed by atoms with E-state index in [2.05, 4.69) is 31.5 Å². The molecule has 5 rings (SSSR count). The Labute approximate surface area is 247 Å². The zero-order valence-electron chi connectivity index (χ0n) is 20.3. The second-order valence-electron chi connectivity index (χ2n) is 8.43. The molecule has 0 saturated heterocycles. The second-order valence-corrected chi connectivity index (χ2v) is 11.8. The first kappa shape index (κ1) is 27.1. The molecule has 39 heavy (non-hydrogen) atoms. The average molecular weight is 635 g/mol. The summed E-state index contributed by atoms with van der Waals surface area (Å²) < 4.78 is 0.992. The van der Waals surface area contributed by atoms with Crippen LogP contribution in [-0.2, 0) is 4.79 Å². The lowest BCUT2D eigenvalue weighted by Gasteiger charge is -2.17. The summed E-state index contributed by atoms with van der Waals surface area (Å²) in [6, 6.07) is 31.7. The first-order valence-electron chi connectivity index (χ1n) is 11.9. The van der Waals surface area contributed by atoms with E-state index >= 15 is 0 Å². The predicted molar refractivity (Wildman–Crippen MR) is 165 cm³/mol. The third-order valence-corrected chi connectivity index (χ3v) is 8.42. The highest BCUT2D eigenvalue weighted by atomic mass is 79.9. The van der Waals surface area contributed by atoms with Crippen molar-refractivity contribution in [2.45, 2.75) is 10.1 Å². The van der Waals surface area contributed by atoms with Crippen molar-refractivity contribution in [3.05, 3.63) is 129 Å². The van der Waals surface area contributed by atoms with Gasteiger partial charge in [0, 0.05) is 36.6 Å². The number of halogens is 2. The minimum atomic E-state index is -0.537. The van der Waals surface area contributed by atoms with Crippen LogP contribution < -0.4 is 10.6 Å². The van der Waals surface area contributed by atoms with Gasteiger partial charge in [0.05, 0.1) is 5.69 Å². The number of nitrogens with zero attached hydrogens (tertiary/aromatic N) is 1. The number of thiazole rings is 1. The van der Waals surface area contributed by atoms with Gasteiger partial charge in [-0.2, -0.15) is 0 Å². The number of carbonyl (C=O) groups excluding carboxylic acids is 2. The van der Waals surface area contributed by atoms with Gasteiger partial charge in [0.1, 0.15) is 5.25 Å². The maximum atomic E-state index is 13.5. The fraction of sp³-hybridized carbons (Fsp3) is 0.0333. The maximum Gasteiger partial charge on any atom is 0.255 e. The molecule has 2 N–H and O–H groups in total. The number of hydrogen-bond acceptors (Lipinski definition) is 5. The molecule has 1 aromatic heterocycles. The summed E-state index contributed by atoms with van der Waals surface area (Å²) in [7, 11) is 0. The molecule has 0 aliphatic heterocycles. The molecule has 2 amide bonds. The van der Waals surface area contributed by atoms with E-state index in [0.717, 1.165) is 26.2 Å². The summed E-state index contributed by atoms with van der Waals surface area (Å²) >= 11 is 12.3. The van der Waals surface area contributed by atoms with E-state index in [1.165, 1.54) is 23.1 Å². The first-order valence-corrected chi connectivity index (χ1v) is 14.8. The lowest BCUT2D eigenvalue weighted by Crippen LogP contribution is -2.19. The number of rotatable bonds is 8. The predicted octanol–water partition coefficient (Wildman–Crippen LogP) is 8.95. The van der Waals surface area contributed by atoms with Crippen molar-refractivity contribution in [2.24, 2.45) is 0 Å². The van der Waals surface area contributed by atoms with E-state index < -0.39 is 5.25 Å². The van der Waals surface area contributed by atoms with Gasteiger partial charge in [-0.05, 0) is 54.1 Å². The van der Waals surface area contributed by atoms with Crippen LogP contribution >= 0.6 is 50.6 Å². The summed E-state index contributed by atoms with van der Waals surface area (Å²) in [5, 5.41) is 8.31. The van der Waals surface area contributed by atoms with E-state index in [-0.39, 0.29) is 11.8 Å². The second kappa shape index (κ2) is 12.6. The SMILES string of the molecule is O=C(Nc1cccc(SC(C(=O)Nc2nc(-c3ccc(Br)cc3)cs2)c2ccccc2)c1)c1cccc(Cl)c1. The summed E-state index contributed by atoms with van der Waals surface area (Å²) in [4.78, 5) is 31.7. The molecule has 9 heteroatoms. The fourth-order valence-corrected chi connectivity index (χ4v) is 6.03. The van der Waals surface area contributed by atoms with Crippen LogP contribution in [0.4, 0.5) is 10.8 Å². The summed E-state index contributed by atoms with van der Waals surface area (Å²) in [6.45, 7) is 0. The average Bonchev–Trinajstić information content (AvgIpc) is 3.41. The van der Waals surface area contributed by atoms with Crippen molar-refractivity contribution in [3.63, 3.8) is 0 Å². The normalized spacial score (nSPS) is 11.5. The molecule has 0 bridgehead atoms. The van der Waals surface area contributed by atoms with Crippen molar-refractivity contribution < 1.29 is 9.59 Å². The van der Waals surface area contributed by atoms with Gasteiger partial charge in [-0.15, -0.1) is 23.1 Å². The van der Waals surface area contributed by atoms with Gasteiger partial charge in [0.15, 0.2) is 5.13 Å². The topological polar surface area (TPSA) is 71.1 Å². The molecule has 1 unspecified atom stereocenters. The van der Waals surface area contributed by atoms with Crippen LogP contribution in [0.1, 0.15) is 21.2 Å². The van der Waals surface area contributed by atoms with Crippen LogP contribution in [-0.4, -0.2) is 16.8 Å². The minimum absolute atomic E-state index is 0.184. The number of amides is 2. The summed E-state index contributed by atoms with van der Waals surface area (Å²) in [6.07, 6.45) is 0. The van der Waals surface area contributed by atoms with E-state index in [9.17, 15) is 9.59 Å². The number of anilines is 2. The Balaban J connectivity index is 1.33. The Bertz CT molecular complexity index is 1610. The molecular weight excluding hydrogens is 614 g/mol. The van der Waals surface area contributed by atoms with E-state index in [1.807, 2.05) is 84.2 Å². The van der Waals surface area contributed by atoms with Crippen LogP contribution in [0.25, 0.3) is 11.3 Å². The number of nitrogens with one attached hydrogen (secondary N) is 2. The van der Waals surface area contributed by atoms with E-state index in [4.69, 9.17) is 11.6 Å². The lowest BCUT2D eigenvalue weighted by molar-refractivity contribution is -0.115. The van der Waals surface area contributed by atoms with Crippen molar-refractivity contribution in [1.29, 1.82) is 0 Å². The molecule has 0 fully saturated rings. The van der Waals surface area contributed by atoms with Gasteiger partial charge >= 0.3 is 0 Å². The van der Waals surface area contributed by atoms with Crippen molar-refractivity contribution >= 4 is 73.3 Å². The van der Waals surface area contributed by atoms with E-state index in [1.54, 1.807) is 24.3 Å². The molecule has 5 nitrogen and oxygen atoms in total. The molecule has 0 saturated carbocycles. The maximum absolute atomic E-state index is 13.5. The lowest BCUT2D eigenvalue weighted by atomic mass is 10.1. The standard InChI is InChI=1S/C30H21BrClN3O2S2/c31-22-14-12-19(13-15-22)26-18-38-30(34-26)35-29(37)27(20-6-2-1-3-7-20)39-25-11-5-10-24(17-25)33-28(36)21-8-4-9-23(32)16-21/h1-18,27H,(H,33,36)(H,34,35,37). The summed E-state index contributed by atoms with van der Waals surface area (Å²) in [5.41, 5.74) is 3.72. The molecule has 194 valence electrons. The summed E-state index contributed by atoms with van der Waals surface area (Å²) in [5.74, 6) is -0.446. The number of thioether (sulfide) groups is 1. The third kappa shape index (κ3) is 7.16. The van der Waals surface area contributed by atoms with Gasteiger partial charge in [0.2, 0.25) is 5.91 Å². The molecule has 4 aromatic carbocycles. The Morgan fingerprint density at radius 1 is 0.872 bits per heavy atom. The van der Waals surface area contributed by atoms with Gasteiger partial charge < -0.3 is 10.6 Å². The van der Waals surface area contributed by atoms with Crippen LogP contribution in [0.15, 0.2) is 118 Å². The number of hydrogen-bond donors (Lipinski definition) is 2. The number of benzene rings is 4. The Kier molecular flexibility index (Phi) is 8.78. The highest BCUT2D eigenvalue weighted by Crippen LogP contribution is 2.38. The number of carbonyl (C=O) groups is 2. The first-order chi connectivity index (χ1) is 18.9. The fourth-order valence-electron chi connectivity index (χ4n) is 3.77. The third-order valence-electron chi connectivity index (χ3n) is 5.65. The van der Waals surface area contributed by atoms with Gasteiger partial charge in [-0.25, -0.2) is 4.98 Å². The van der Waals surface area contributed by atoms with Crippen LogP contribution in [0.2, 0.25) is 5.02 Å². The Hall–Kier alpha value is -3.43. The zero-order chi connectivity index (χ0) is 27.2. The minimum Gasteiger partial charge on any atom is -0.322 e. The monoisotopic (exact) mass is 633 g/mol. The molecular formula is C30H21BrClN3O2S2. The Morgan fingerprint density at radius 3 is 2.41 bits per heavy atom. The quantitative estimate of drug-likeness (QED) is 0.167. The molecule has 5 aromatic rings. The van der Waals surface area contributed by atoms with Crippen molar-refractivity contribution in [3.8, 4) is 11.3 Å². The number of aromatic nitrogens is 1. The molecule has 1 heterocycles. The Morgan fingerprint density at radius 2 is 1.64 bits per heavy atom. The van der Waals surface area contributed by atoms with Crippen molar-refractivity contribution in [1.82, 2.24) is 4.98 Å². The van der Waals surface area contributed by atoms with Crippen LogP contribution in [0, 0.1) is 0 Å². The van der Waals surface area contributed by atoms with Crippen LogP contribution in [0.5, 0.6) is 0 Å². The zero-order valence-corrected chi connectivity index (χ0v) is 24.3. The van der Waals surface area contributed by atoms with Crippen molar-refractivity contribution in [2.75, 3.05) is 10.6 Å². The molecule has 0 radical (unpaired) electrons. The molecule has 1 atom stereocenters. The van der Waals surface area contributed by atoms with E-state index in [0.29, 0.717) is 21.4 Å².